The van der Waals surface area contributed by atoms with Gasteiger partial charge in [-0.3, -0.25) is 0 Å². The van der Waals surface area contributed by atoms with Gasteiger partial charge in [-0.2, -0.15) is 0 Å². The van der Waals surface area contributed by atoms with Crippen molar-refractivity contribution in [1.82, 2.24) is 10.3 Å². The van der Waals surface area contributed by atoms with Crippen LogP contribution in [0.4, 0.5) is 5.82 Å². The summed E-state index contributed by atoms with van der Waals surface area (Å²) in [6.45, 7) is 5.00. The van der Waals surface area contributed by atoms with E-state index in [2.05, 4.69) is 24.1 Å². The van der Waals surface area contributed by atoms with Crippen LogP contribution in [0.3, 0.4) is 0 Å². The summed E-state index contributed by atoms with van der Waals surface area (Å²) in [5, 5.41) is 4.05. The van der Waals surface area contributed by atoms with Crippen molar-refractivity contribution < 1.29 is 0 Å². The topological polar surface area (TPSA) is 28.2 Å². The largest absolute Gasteiger partial charge is 0.363 e. The molecule has 0 fully saturated rings. The second-order valence-corrected chi connectivity index (χ2v) is 4.47. The standard InChI is InChI=1S/C11H18ClN3/c1-8(2)13-6-9-5-11(15(3)4)14-7-10(9)12/h5,7-8,13H,6H2,1-4H3. The third-order valence-electron chi connectivity index (χ3n) is 2.08. The molecular weight excluding hydrogens is 210 g/mol. The lowest BCUT2D eigenvalue weighted by molar-refractivity contribution is 0.588. The average molecular weight is 228 g/mol. The van der Waals surface area contributed by atoms with Crippen molar-refractivity contribution in [2.45, 2.75) is 26.4 Å². The van der Waals surface area contributed by atoms with Crippen LogP contribution in [0.1, 0.15) is 19.4 Å². The molecule has 0 amide bonds. The number of anilines is 1. The van der Waals surface area contributed by atoms with Gasteiger partial charge in [-0.05, 0) is 11.6 Å². The van der Waals surface area contributed by atoms with E-state index in [0.29, 0.717) is 11.1 Å². The van der Waals surface area contributed by atoms with Crippen LogP contribution >= 0.6 is 11.6 Å². The minimum absolute atomic E-state index is 0.456. The molecule has 0 atom stereocenters. The van der Waals surface area contributed by atoms with Crippen LogP contribution in [0.25, 0.3) is 0 Å². The maximum atomic E-state index is 6.06. The number of nitrogens with one attached hydrogen (secondary N) is 1. The molecule has 1 heterocycles. The molecule has 1 aromatic heterocycles. The monoisotopic (exact) mass is 227 g/mol. The van der Waals surface area contributed by atoms with Gasteiger partial charge >= 0.3 is 0 Å². The zero-order chi connectivity index (χ0) is 11.4. The van der Waals surface area contributed by atoms with Gasteiger partial charge in [0.05, 0.1) is 5.02 Å². The SMILES string of the molecule is CC(C)NCc1cc(N(C)C)ncc1Cl. The van der Waals surface area contributed by atoms with Gasteiger partial charge in [-0.25, -0.2) is 4.98 Å². The first kappa shape index (κ1) is 12.3. The summed E-state index contributed by atoms with van der Waals surface area (Å²) in [6.07, 6.45) is 1.70. The van der Waals surface area contributed by atoms with E-state index in [4.69, 9.17) is 11.6 Å². The highest BCUT2D eigenvalue weighted by molar-refractivity contribution is 6.31. The molecule has 1 aromatic rings. The van der Waals surface area contributed by atoms with Crippen molar-refractivity contribution in [1.29, 1.82) is 0 Å². The van der Waals surface area contributed by atoms with Crippen LogP contribution in [0.2, 0.25) is 5.02 Å². The normalized spacial score (nSPS) is 10.8. The molecule has 1 rings (SSSR count). The van der Waals surface area contributed by atoms with E-state index < -0.39 is 0 Å². The molecule has 0 aromatic carbocycles. The Labute approximate surface area is 96.5 Å². The van der Waals surface area contributed by atoms with Crippen molar-refractivity contribution in [3.05, 3.63) is 22.8 Å². The van der Waals surface area contributed by atoms with Crippen LogP contribution in [0, 0.1) is 0 Å². The first-order valence-corrected chi connectivity index (χ1v) is 5.43. The molecule has 4 heteroatoms. The summed E-state index contributed by atoms with van der Waals surface area (Å²) < 4.78 is 0. The zero-order valence-electron chi connectivity index (χ0n) is 9.71. The molecule has 0 unspecified atom stereocenters. The fourth-order valence-electron chi connectivity index (χ4n) is 1.16. The summed E-state index contributed by atoms with van der Waals surface area (Å²) in [6, 6.07) is 2.47. The van der Waals surface area contributed by atoms with Gasteiger partial charge in [-0.1, -0.05) is 25.4 Å². The molecule has 0 bridgehead atoms. The Morgan fingerprint density at radius 1 is 1.47 bits per heavy atom. The van der Waals surface area contributed by atoms with Gasteiger partial charge in [0.2, 0.25) is 0 Å². The summed E-state index contributed by atoms with van der Waals surface area (Å²) in [5.41, 5.74) is 1.09. The fourth-order valence-corrected chi connectivity index (χ4v) is 1.33. The molecule has 0 saturated carbocycles. The third-order valence-corrected chi connectivity index (χ3v) is 2.42. The Morgan fingerprint density at radius 2 is 2.13 bits per heavy atom. The molecule has 0 aliphatic carbocycles. The summed E-state index contributed by atoms with van der Waals surface area (Å²) >= 11 is 6.06. The molecule has 0 saturated heterocycles. The number of aromatic nitrogens is 1. The molecule has 84 valence electrons. The minimum atomic E-state index is 0.456. The molecule has 3 nitrogen and oxygen atoms in total. The maximum Gasteiger partial charge on any atom is 0.128 e. The van der Waals surface area contributed by atoms with Gasteiger partial charge in [0.25, 0.3) is 0 Å². The Balaban J connectivity index is 2.81. The Hall–Kier alpha value is -0.800. The number of halogens is 1. The van der Waals surface area contributed by atoms with Crippen molar-refractivity contribution in [3.63, 3.8) is 0 Å². The molecular formula is C11H18ClN3. The van der Waals surface area contributed by atoms with E-state index in [1.54, 1.807) is 6.20 Å². The van der Waals surface area contributed by atoms with Crippen molar-refractivity contribution in [2.75, 3.05) is 19.0 Å². The average Bonchev–Trinajstić information content (AvgIpc) is 2.16. The lowest BCUT2D eigenvalue weighted by Gasteiger charge is -2.14. The number of rotatable bonds is 4. The Morgan fingerprint density at radius 3 is 2.67 bits per heavy atom. The van der Waals surface area contributed by atoms with Gasteiger partial charge < -0.3 is 10.2 Å². The molecule has 0 spiro atoms. The zero-order valence-corrected chi connectivity index (χ0v) is 10.5. The van der Waals surface area contributed by atoms with E-state index >= 15 is 0 Å². The van der Waals surface area contributed by atoms with Crippen LogP contribution in [-0.4, -0.2) is 25.1 Å². The molecule has 0 aliphatic rings. The summed E-state index contributed by atoms with van der Waals surface area (Å²) in [4.78, 5) is 6.20. The lowest BCUT2D eigenvalue weighted by atomic mass is 10.2. The number of nitrogens with zero attached hydrogens (tertiary/aromatic N) is 2. The molecule has 15 heavy (non-hydrogen) atoms. The second-order valence-electron chi connectivity index (χ2n) is 4.06. The van der Waals surface area contributed by atoms with Crippen LogP contribution in [-0.2, 0) is 6.54 Å². The molecule has 0 aliphatic heterocycles. The first-order chi connectivity index (χ1) is 7.00. The van der Waals surface area contributed by atoms with Crippen LogP contribution < -0.4 is 10.2 Å². The molecule has 0 radical (unpaired) electrons. The van der Waals surface area contributed by atoms with Gasteiger partial charge in [-0.15, -0.1) is 0 Å². The van der Waals surface area contributed by atoms with Gasteiger partial charge in [0.1, 0.15) is 5.82 Å². The van der Waals surface area contributed by atoms with E-state index in [1.807, 2.05) is 25.1 Å². The van der Waals surface area contributed by atoms with Gasteiger partial charge in [0, 0.05) is 32.9 Å². The fraction of sp³-hybridized carbons (Fsp3) is 0.545. The quantitative estimate of drug-likeness (QED) is 0.856. The predicted octanol–water partition coefficient (Wildman–Crippen LogP) is 2.30. The van der Waals surface area contributed by atoms with E-state index in [0.717, 1.165) is 17.9 Å². The highest BCUT2D eigenvalue weighted by Crippen LogP contribution is 2.19. The highest BCUT2D eigenvalue weighted by atomic mass is 35.5. The van der Waals surface area contributed by atoms with Crippen molar-refractivity contribution in [2.24, 2.45) is 0 Å². The van der Waals surface area contributed by atoms with Gasteiger partial charge in [0.15, 0.2) is 0 Å². The number of hydrogen-bond donors (Lipinski definition) is 1. The van der Waals surface area contributed by atoms with E-state index in [-0.39, 0.29) is 0 Å². The van der Waals surface area contributed by atoms with E-state index in [1.165, 1.54) is 0 Å². The van der Waals surface area contributed by atoms with Crippen molar-refractivity contribution in [3.8, 4) is 0 Å². The number of hydrogen-bond acceptors (Lipinski definition) is 3. The smallest absolute Gasteiger partial charge is 0.128 e. The predicted molar refractivity (Wildman–Crippen MR) is 65.5 cm³/mol. The highest BCUT2D eigenvalue weighted by Gasteiger charge is 2.05. The summed E-state index contributed by atoms with van der Waals surface area (Å²) in [7, 11) is 3.94. The van der Waals surface area contributed by atoms with E-state index in [9.17, 15) is 0 Å². The summed E-state index contributed by atoms with van der Waals surface area (Å²) in [5.74, 6) is 0.931. The second kappa shape index (κ2) is 5.33. The lowest BCUT2D eigenvalue weighted by Crippen LogP contribution is -2.22. The Kier molecular flexibility index (Phi) is 4.36. The molecule has 1 N–H and O–H groups in total. The van der Waals surface area contributed by atoms with Crippen molar-refractivity contribution >= 4 is 17.4 Å². The third kappa shape index (κ3) is 3.68. The van der Waals surface area contributed by atoms with Crippen LogP contribution in [0.15, 0.2) is 12.3 Å². The Bertz CT molecular complexity index is 324. The number of pyridine rings is 1. The minimum Gasteiger partial charge on any atom is -0.363 e. The first-order valence-electron chi connectivity index (χ1n) is 5.06. The maximum absolute atomic E-state index is 6.06. The van der Waals surface area contributed by atoms with Crippen LogP contribution in [0.5, 0.6) is 0 Å².